The van der Waals surface area contributed by atoms with Gasteiger partial charge in [-0.05, 0) is 48.5 Å². The number of aromatic nitrogens is 2. The van der Waals surface area contributed by atoms with Gasteiger partial charge in [0, 0.05) is 28.9 Å². The van der Waals surface area contributed by atoms with Crippen LogP contribution in [0.4, 0.5) is 18.9 Å². The molecule has 0 unspecified atom stereocenters. The zero-order chi connectivity index (χ0) is 26.6. The lowest BCUT2D eigenvalue weighted by atomic mass is 10.1. The molecule has 8 nitrogen and oxygen atoms in total. The van der Waals surface area contributed by atoms with Crippen molar-refractivity contribution < 1.29 is 36.2 Å². The van der Waals surface area contributed by atoms with Crippen LogP contribution in [0.15, 0.2) is 78.0 Å². The average molecular weight is 527 g/mol. The van der Waals surface area contributed by atoms with Gasteiger partial charge in [-0.25, -0.2) is 18.2 Å². The first-order valence-electron chi connectivity index (χ1n) is 10.4. The third-order valence-corrected chi connectivity index (χ3v) is 6.27. The van der Waals surface area contributed by atoms with Crippen molar-refractivity contribution in [1.82, 2.24) is 9.97 Å². The van der Waals surface area contributed by atoms with E-state index in [-0.39, 0.29) is 32.9 Å². The van der Waals surface area contributed by atoms with E-state index in [1.54, 1.807) is 18.2 Å². The molecule has 0 radical (unpaired) electrons. The molecule has 4 rings (SSSR count). The molecular formula is C25H16F3N3O5S. The van der Waals surface area contributed by atoms with Gasteiger partial charge in [0.1, 0.15) is 16.3 Å². The molecule has 0 aliphatic heterocycles. The first kappa shape index (κ1) is 25.5. The van der Waals surface area contributed by atoms with Crippen molar-refractivity contribution in [3.05, 3.63) is 89.9 Å². The van der Waals surface area contributed by atoms with Crippen molar-refractivity contribution in [1.29, 1.82) is 0 Å². The number of alkyl halides is 3. The highest BCUT2D eigenvalue weighted by molar-refractivity contribution is 7.93. The van der Waals surface area contributed by atoms with Crippen LogP contribution in [-0.2, 0) is 10.0 Å². The molecule has 2 N–H and O–H groups in total. The molecule has 0 saturated carbocycles. The minimum Gasteiger partial charge on any atom is -0.483 e. The highest BCUT2D eigenvalue weighted by atomic mass is 32.2. The molecule has 0 aliphatic carbocycles. The molecule has 0 fully saturated rings. The van der Waals surface area contributed by atoms with E-state index in [2.05, 4.69) is 26.5 Å². The molecule has 0 amide bonds. The van der Waals surface area contributed by atoms with Crippen LogP contribution in [0, 0.1) is 11.8 Å². The SMILES string of the molecule is O=C(O)c1ccc(C#Cc2ccccc2NS(=O)(=O)c2ccc(OCC(F)(F)F)c3cccnc23)cn1. The Kier molecular flexibility index (Phi) is 6.99. The van der Waals surface area contributed by atoms with Crippen LogP contribution in [0.2, 0.25) is 0 Å². The van der Waals surface area contributed by atoms with Crippen LogP contribution in [0.5, 0.6) is 5.75 Å². The topological polar surface area (TPSA) is 118 Å². The lowest BCUT2D eigenvalue weighted by molar-refractivity contribution is -0.153. The fourth-order valence-electron chi connectivity index (χ4n) is 3.24. The van der Waals surface area contributed by atoms with Crippen LogP contribution in [0.1, 0.15) is 21.6 Å². The number of anilines is 1. The summed E-state index contributed by atoms with van der Waals surface area (Å²) in [7, 11) is -4.26. The molecule has 0 spiro atoms. The van der Waals surface area contributed by atoms with Gasteiger partial charge < -0.3 is 9.84 Å². The Labute approximate surface area is 208 Å². The number of sulfonamides is 1. The second-order valence-corrected chi connectivity index (χ2v) is 9.15. The van der Waals surface area contributed by atoms with Crippen molar-refractivity contribution in [2.45, 2.75) is 11.1 Å². The summed E-state index contributed by atoms with van der Waals surface area (Å²) in [5.41, 5.74) is 0.659. The zero-order valence-electron chi connectivity index (χ0n) is 18.7. The standard InChI is InChI=1S/C25H16F3N3O5S/c26-25(27,28)15-36-21-11-12-22(23-18(21)5-3-13-29-23)37(34,35)31-19-6-2-1-4-17(19)9-7-16-8-10-20(24(32)33)30-14-16/h1-6,8,10-14,31H,15H2,(H,32,33). The minimum absolute atomic E-state index is 0.0668. The second-order valence-electron chi connectivity index (χ2n) is 7.50. The van der Waals surface area contributed by atoms with Crippen LogP contribution in [0.3, 0.4) is 0 Å². The number of fused-ring (bicyclic) bond motifs is 1. The van der Waals surface area contributed by atoms with Gasteiger partial charge >= 0.3 is 12.1 Å². The molecule has 2 heterocycles. The van der Waals surface area contributed by atoms with E-state index >= 15 is 0 Å². The van der Waals surface area contributed by atoms with E-state index in [4.69, 9.17) is 9.84 Å². The number of nitrogens with one attached hydrogen (secondary N) is 1. The number of aromatic carboxylic acids is 1. The first-order valence-corrected chi connectivity index (χ1v) is 11.9. The summed E-state index contributed by atoms with van der Waals surface area (Å²) in [4.78, 5) is 18.5. The maximum atomic E-state index is 13.3. The number of benzene rings is 2. The molecule has 37 heavy (non-hydrogen) atoms. The highest BCUT2D eigenvalue weighted by Crippen LogP contribution is 2.32. The van der Waals surface area contributed by atoms with Crippen LogP contribution >= 0.6 is 0 Å². The molecule has 2 aromatic carbocycles. The average Bonchev–Trinajstić information content (AvgIpc) is 2.86. The number of rotatable bonds is 6. The van der Waals surface area contributed by atoms with Crippen molar-refractivity contribution in [3.8, 4) is 17.6 Å². The summed E-state index contributed by atoms with van der Waals surface area (Å²) in [5, 5.41) is 9.04. The number of hydrogen-bond acceptors (Lipinski definition) is 6. The van der Waals surface area contributed by atoms with E-state index in [9.17, 15) is 26.4 Å². The second kappa shape index (κ2) is 10.2. The van der Waals surface area contributed by atoms with Gasteiger partial charge in [0.05, 0.1) is 11.2 Å². The smallest absolute Gasteiger partial charge is 0.422 e. The molecule has 0 bridgehead atoms. The highest BCUT2D eigenvalue weighted by Gasteiger charge is 2.29. The fourth-order valence-corrected chi connectivity index (χ4v) is 4.48. The first-order chi connectivity index (χ1) is 17.5. The molecule has 0 atom stereocenters. The van der Waals surface area contributed by atoms with E-state index in [0.29, 0.717) is 11.1 Å². The molecule has 0 aliphatic rings. The number of nitrogens with zero attached hydrogens (tertiary/aromatic N) is 2. The third-order valence-electron chi connectivity index (χ3n) is 4.87. The lowest BCUT2D eigenvalue weighted by Crippen LogP contribution is -2.19. The summed E-state index contributed by atoms with van der Waals surface area (Å²) in [5.74, 6) is 4.28. The quantitative estimate of drug-likeness (QED) is 0.355. The molecule has 2 aromatic heterocycles. The number of ether oxygens (including phenoxy) is 1. The Hall–Kier alpha value is -4.63. The van der Waals surface area contributed by atoms with E-state index < -0.39 is 28.8 Å². The summed E-state index contributed by atoms with van der Waals surface area (Å²) < 4.78 is 71.7. The Morgan fingerprint density at radius 3 is 2.49 bits per heavy atom. The zero-order valence-corrected chi connectivity index (χ0v) is 19.5. The van der Waals surface area contributed by atoms with Crippen LogP contribution in [-0.4, -0.2) is 42.2 Å². The van der Waals surface area contributed by atoms with Gasteiger partial charge in [-0.3, -0.25) is 9.71 Å². The number of carbonyl (C=O) groups is 1. The van der Waals surface area contributed by atoms with Crippen molar-refractivity contribution >= 4 is 32.6 Å². The fraction of sp³-hybridized carbons (Fsp3) is 0.0800. The summed E-state index contributed by atoms with van der Waals surface area (Å²) in [6.45, 7) is -1.54. The van der Waals surface area contributed by atoms with E-state index in [0.717, 1.165) is 12.1 Å². The maximum absolute atomic E-state index is 13.3. The van der Waals surface area contributed by atoms with Crippen LogP contribution < -0.4 is 9.46 Å². The van der Waals surface area contributed by atoms with E-state index in [1.165, 1.54) is 42.7 Å². The molecule has 0 saturated heterocycles. The minimum atomic E-state index is -4.57. The Morgan fingerprint density at radius 2 is 1.78 bits per heavy atom. The molecular weight excluding hydrogens is 511 g/mol. The van der Waals surface area contributed by atoms with Gasteiger partial charge in [0.2, 0.25) is 0 Å². The van der Waals surface area contributed by atoms with Crippen molar-refractivity contribution in [2.75, 3.05) is 11.3 Å². The molecule has 188 valence electrons. The number of pyridine rings is 2. The van der Waals surface area contributed by atoms with Gasteiger partial charge in [0.25, 0.3) is 10.0 Å². The third kappa shape index (κ3) is 6.14. The summed E-state index contributed by atoms with van der Waals surface area (Å²) in [6, 6.07) is 14.2. The predicted octanol–water partition coefficient (Wildman–Crippen LogP) is 4.47. The number of hydrogen-bond donors (Lipinski definition) is 2. The Balaban J connectivity index is 1.66. The Bertz CT molecular complexity index is 1640. The number of carboxylic acid groups (broad SMARTS) is 1. The van der Waals surface area contributed by atoms with Gasteiger partial charge in [-0.2, -0.15) is 13.2 Å². The van der Waals surface area contributed by atoms with Crippen molar-refractivity contribution in [2.24, 2.45) is 0 Å². The number of halogens is 3. The number of para-hydroxylation sites is 1. The van der Waals surface area contributed by atoms with E-state index in [1.807, 2.05) is 0 Å². The molecule has 12 heteroatoms. The monoisotopic (exact) mass is 527 g/mol. The lowest BCUT2D eigenvalue weighted by Gasteiger charge is -2.14. The van der Waals surface area contributed by atoms with Gasteiger partial charge in [-0.1, -0.05) is 24.0 Å². The number of carboxylic acids is 1. The maximum Gasteiger partial charge on any atom is 0.422 e. The summed E-state index contributed by atoms with van der Waals surface area (Å²) in [6.07, 6.45) is -1.97. The molecule has 4 aromatic rings. The van der Waals surface area contributed by atoms with Gasteiger partial charge in [-0.15, -0.1) is 0 Å². The van der Waals surface area contributed by atoms with Gasteiger partial charge in [0.15, 0.2) is 6.61 Å². The largest absolute Gasteiger partial charge is 0.483 e. The summed E-state index contributed by atoms with van der Waals surface area (Å²) >= 11 is 0. The van der Waals surface area contributed by atoms with Crippen molar-refractivity contribution in [3.63, 3.8) is 0 Å². The van der Waals surface area contributed by atoms with Crippen LogP contribution in [0.25, 0.3) is 10.9 Å². The normalized spacial score (nSPS) is 11.4. The Morgan fingerprint density at radius 1 is 1.00 bits per heavy atom. The predicted molar refractivity (Wildman–Crippen MR) is 128 cm³/mol.